The Morgan fingerprint density at radius 2 is 2.00 bits per heavy atom. The Balaban J connectivity index is 1.66. The highest BCUT2D eigenvalue weighted by Crippen LogP contribution is 2.47. The van der Waals surface area contributed by atoms with Gasteiger partial charge in [0.15, 0.2) is 0 Å². The fraction of sp³-hybridized carbons (Fsp3) is 1.00. The Morgan fingerprint density at radius 1 is 1.19 bits per heavy atom. The first-order valence-corrected chi connectivity index (χ1v) is 9.88. The molecule has 2 N–H and O–H groups in total. The van der Waals surface area contributed by atoms with Gasteiger partial charge in [-0.3, -0.25) is 0 Å². The predicted molar refractivity (Wildman–Crippen MR) is 86.3 cm³/mol. The topological polar surface area (TPSA) is 61.4 Å². The van der Waals surface area contributed by atoms with E-state index in [1.54, 1.807) is 7.05 Å². The lowest BCUT2D eigenvalue weighted by Gasteiger charge is -2.24. The first kappa shape index (κ1) is 17.2. The van der Waals surface area contributed by atoms with Crippen molar-refractivity contribution in [3.63, 3.8) is 0 Å². The predicted octanol–water partition coefficient (Wildman–Crippen LogP) is 1.58. The molecule has 0 aromatic heterocycles. The van der Waals surface area contributed by atoms with Gasteiger partial charge < -0.3 is 5.32 Å². The Morgan fingerprint density at radius 3 is 2.62 bits per heavy atom. The maximum atomic E-state index is 12.2. The van der Waals surface area contributed by atoms with Gasteiger partial charge in [0.05, 0.1) is 0 Å². The van der Waals surface area contributed by atoms with Crippen LogP contribution in [-0.2, 0) is 10.2 Å². The molecule has 2 fully saturated rings. The zero-order valence-electron chi connectivity index (χ0n) is 13.5. The lowest BCUT2D eigenvalue weighted by atomic mass is 9.89. The molecule has 3 unspecified atom stereocenters. The molecule has 0 spiro atoms. The van der Waals surface area contributed by atoms with Crippen LogP contribution in [0.15, 0.2) is 0 Å². The molecule has 0 aromatic rings. The zero-order chi connectivity index (χ0) is 15.3. The smallest absolute Gasteiger partial charge is 0.279 e. The van der Waals surface area contributed by atoms with E-state index < -0.39 is 10.2 Å². The first-order chi connectivity index (χ1) is 10.0. The maximum absolute atomic E-state index is 12.2. The molecular weight excluding hydrogens is 286 g/mol. The van der Waals surface area contributed by atoms with E-state index in [1.165, 1.54) is 30.0 Å². The molecule has 0 amide bonds. The highest BCUT2D eigenvalue weighted by atomic mass is 32.2. The normalized spacial score (nSPS) is 28.6. The lowest BCUT2D eigenvalue weighted by Crippen LogP contribution is -2.42. The molecule has 0 saturated heterocycles. The fourth-order valence-electron chi connectivity index (χ4n) is 3.80. The summed E-state index contributed by atoms with van der Waals surface area (Å²) in [4.78, 5) is 0. The summed E-state index contributed by atoms with van der Waals surface area (Å²) in [6.07, 6.45) is 7.17. The molecule has 0 heterocycles. The molecule has 5 nitrogen and oxygen atoms in total. The van der Waals surface area contributed by atoms with E-state index in [0.29, 0.717) is 19.0 Å². The van der Waals surface area contributed by atoms with Gasteiger partial charge in [0.2, 0.25) is 0 Å². The van der Waals surface area contributed by atoms with Crippen LogP contribution in [0, 0.1) is 17.8 Å². The number of fused-ring (bicyclic) bond motifs is 2. The van der Waals surface area contributed by atoms with Gasteiger partial charge in [-0.1, -0.05) is 13.3 Å². The molecule has 21 heavy (non-hydrogen) atoms. The third kappa shape index (κ3) is 4.91. The second kappa shape index (κ2) is 7.90. The van der Waals surface area contributed by atoms with Crippen LogP contribution in [0.3, 0.4) is 0 Å². The summed E-state index contributed by atoms with van der Waals surface area (Å²) in [7, 11) is -1.63. The summed E-state index contributed by atoms with van der Waals surface area (Å²) in [6, 6.07) is 0. The third-order valence-electron chi connectivity index (χ3n) is 5.08. The number of hydrogen-bond acceptors (Lipinski definition) is 3. The summed E-state index contributed by atoms with van der Waals surface area (Å²) in [5.41, 5.74) is 0. The molecule has 2 bridgehead atoms. The molecule has 0 aliphatic heterocycles. The number of rotatable bonds is 10. The molecule has 3 atom stereocenters. The van der Waals surface area contributed by atoms with Crippen LogP contribution in [0.2, 0.25) is 0 Å². The molecule has 2 saturated carbocycles. The van der Waals surface area contributed by atoms with Crippen molar-refractivity contribution in [3.05, 3.63) is 0 Å². The van der Waals surface area contributed by atoms with Crippen molar-refractivity contribution < 1.29 is 8.42 Å². The molecule has 124 valence electrons. The van der Waals surface area contributed by atoms with Crippen molar-refractivity contribution in [2.45, 2.75) is 45.4 Å². The Labute approximate surface area is 130 Å². The van der Waals surface area contributed by atoms with Gasteiger partial charge in [-0.05, 0) is 62.9 Å². The van der Waals surface area contributed by atoms with E-state index in [0.717, 1.165) is 37.8 Å². The average Bonchev–Trinajstić information content (AvgIpc) is 3.07. The number of hydrogen-bond donors (Lipinski definition) is 2. The van der Waals surface area contributed by atoms with Crippen molar-refractivity contribution in [2.24, 2.45) is 17.8 Å². The summed E-state index contributed by atoms with van der Waals surface area (Å²) < 4.78 is 28.7. The van der Waals surface area contributed by atoms with Crippen LogP contribution in [0.25, 0.3) is 0 Å². The molecule has 0 aromatic carbocycles. The SMILES string of the molecule is CCCNCCCN(C)S(=O)(=O)NCC1CC2CCC1C2. The van der Waals surface area contributed by atoms with Crippen molar-refractivity contribution in [3.8, 4) is 0 Å². The van der Waals surface area contributed by atoms with Crippen molar-refractivity contribution in [1.82, 2.24) is 14.3 Å². The van der Waals surface area contributed by atoms with E-state index in [4.69, 9.17) is 0 Å². The third-order valence-corrected chi connectivity index (χ3v) is 6.61. The highest BCUT2D eigenvalue weighted by molar-refractivity contribution is 7.87. The fourth-order valence-corrected chi connectivity index (χ4v) is 4.81. The molecule has 6 heteroatoms. The summed E-state index contributed by atoms with van der Waals surface area (Å²) in [5.74, 6) is 2.20. The average molecular weight is 317 g/mol. The van der Waals surface area contributed by atoms with Gasteiger partial charge in [-0.2, -0.15) is 12.7 Å². The van der Waals surface area contributed by atoms with Gasteiger partial charge in [0.1, 0.15) is 0 Å². The molecule has 2 rings (SSSR count). The molecule has 2 aliphatic rings. The van der Waals surface area contributed by atoms with E-state index in [-0.39, 0.29) is 0 Å². The molecular formula is C15H31N3O2S. The molecule has 0 radical (unpaired) electrons. The van der Waals surface area contributed by atoms with E-state index >= 15 is 0 Å². The minimum absolute atomic E-state index is 0.568. The van der Waals surface area contributed by atoms with Gasteiger partial charge in [0.25, 0.3) is 10.2 Å². The highest BCUT2D eigenvalue weighted by Gasteiger charge is 2.39. The van der Waals surface area contributed by atoms with Crippen LogP contribution < -0.4 is 10.0 Å². The van der Waals surface area contributed by atoms with Gasteiger partial charge >= 0.3 is 0 Å². The minimum atomic E-state index is -3.30. The second-order valence-corrected chi connectivity index (χ2v) is 8.58. The monoisotopic (exact) mass is 317 g/mol. The number of nitrogens with zero attached hydrogens (tertiary/aromatic N) is 1. The Hall–Kier alpha value is -0.170. The van der Waals surface area contributed by atoms with Crippen molar-refractivity contribution in [2.75, 3.05) is 33.2 Å². The summed E-state index contributed by atoms with van der Waals surface area (Å²) >= 11 is 0. The van der Waals surface area contributed by atoms with E-state index in [9.17, 15) is 8.42 Å². The van der Waals surface area contributed by atoms with Crippen molar-refractivity contribution >= 4 is 10.2 Å². The molecule has 2 aliphatic carbocycles. The summed E-state index contributed by atoms with van der Waals surface area (Å²) in [6.45, 7) is 5.20. The van der Waals surface area contributed by atoms with Crippen LogP contribution in [0.5, 0.6) is 0 Å². The number of nitrogens with one attached hydrogen (secondary N) is 2. The maximum Gasteiger partial charge on any atom is 0.279 e. The van der Waals surface area contributed by atoms with Crippen LogP contribution in [-0.4, -0.2) is 45.9 Å². The standard InChI is InChI=1S/C15H31N3O2S/c1-3-7-16-8-4-9-18(2)21(19,20)17-12-15-11-13-5-6-14(15)10-13/h13-17H,3-12H2,1-2H3. The first-order valence-electron chi connectivity index (χ1n) is 8.44. The second-order valence-electron chi connectivity index (χ2n) is 6.71. The van der Waals surface area contributed by atoms with Crippen LogP contribution in [0.4, 0.5) is 0 Å². The van der Waals surface area contributed by atoms with Gasteiger partial charge in [-0.15, -0.1) is 0 Å². The van der Waals surface area contributed by atoms with E-state index in [1.807, 2.05) is 0 Å². The van der Waals surface area contributed by atoms with Crippen LogP contribution >= 0.6 is 0 Å². The summed E-state index contributed by atoms with van der Waals surface area (Å²) in [5, 5.41) is 3.29. The minimum Gasteiger partial charge on any atom is -0.317 e. The van der Waals surface area contributed by atoms with Gasteiger partial charge in [0, 0.05) is 20.1 Å². The Kier molecular flexibility index (Phi) is 6.47. The Bertz CT molecular complexity index is 413. The van der Waals surface area contributed by atoms with Crippen LogP contribution in [0.1, 0.15) is 45.4 Å². The largest absolute Gasteiger partial charge is 0.317 e. The van der Waals surface area contributed by atoms with Crippen molar-refractivity contribution in [1.29, 1.82) is 0 Å². The zero-order valence-corrected chi connectivity index (χ0v) is 14.3. The van der Waals surface area contributed by atoms with E-state index in [2.05, 4.69) is 17.0 Å². The van der Waals surface area contributed by atoms with Gasteiger partial charge in [-0.25, -0.2) is 4.72 Å². The quantitative estimate of drug-likeness (QED) is 0.601. The lowest BCUT2D eigenvalue weighted by molar-refractivity contribution is 0.329.